The molecule has 3 nitrogen and oxygen atoms in total. The molecule has 0 N–H and O–H groups in total. The van der Waals surface area contributed by atoms with Gasteiger partial charge in [-0.2, -0.15) is 0 Å². The molecule has 0 unspecified atom stereocenters. The van der Waals surface area contributed by atoms with Gasteiger partial charge in [-0.15, -0.1) is 0 Å². The van der Waals surface area contributed by atoms with Crippen LogP contribution in [0.25, 0.3) is 12.2 Å². The van der Waals surface area contributed by atoms with E-state index in [0.717, 1.165) is 17.9 Å². The summed E-state index contributed by atoms with van der Waals surface area (Å²) >= 11 is 0. The van der Waals surface area contributed by atoms with E-state index in [2.05, 4.69) is 6.92 Å². The van der Waals surface area contributed by atoms with Gasteiger partial charge < -0.3 is 13.6 Å². The van der Waals surface area contributed by atoms with Gasteiger partial charge in [0.1, 0.15) is 11.5 Å². The van der Waals surface area contributed by atoms with Crippen molar-refractivity contribution in [1.82, 2.24) is 0 Å². The van der Waals surface area contributed by atoms with Crippen molar-refractivity contribution in [3.05, 3.63) is 60.5 Å². The van der Waals surface area contributed by atoms with Crippen molar-refractivity contribution in [1.29, 1.82) is 0 Å². The Bertz CT molecular complexity index is 521. The quantitative estimate of drug-likeness (QED) is 0.727. The molecule has 2 aromatic rings. The Hall–Kier alpha value is -2.00. The van der Waals surface area contributed by atoms with Crippen molar-refractivity contribution in [3.63, 3.8) is 0 Å². The van der Waals surface area contributed by atoms with Gasteiger partial charge in [0.2, 0.25) is 0 Å². The third-order valence-corrected chi connectivity index (χ3v) is 2.88. The molecule has 106 valence electrons. The molecule has 0 saturated heterocycles. The fraction of sp³-hybridized carbons (Fsp3) is 0.294. The summed E-state index contributed by atoms with van der Waals surface area (Å²) in [5.41, 5.74) is 0. The molecule has 2 heterocycles. The maximum Gasteiger partial charge on any atom is 0.126 e. The van der Waals surface area contributed by atoms with Crippen LogP contribution in [0.1, 0.15) is 31.8 Å². The highest BCUT2D eigenvalue weighted by molar-refractivity contribution is 5.43. The standard InChI is InChI=1S/C17H20O3/c1-3-15(10-11-17-7-5-13-19-17)20-14(2)8-9-16-6-4-12-18-16/h4-15H,3H2,1-2H3/b9-8+,11-10+/t14-,15+/m1/s1. The molecule has 0 aliphatic heterocycles. The predicted molar refractivity (Wildman–Crippen MR) is 80.1 cm³/mol. The second-order valence-electron chi connectivity index (χ2n) is 4.54. The van der Waals surface area contributed by atoms with E-state index in [1.165, 1.54) is 0 Å². The maximum absolute atomic E-state index is 5.94. The number of ether oxygens (including phenoxy) is 1. The topological polar surface area (TPSA) is 35.5 Å². The summed E-state index contributed by atoms with van der Waals surface area (Å²) in [6.07, 6.45) is 12.2. The van der Waals surface area contributed by atoms with E-state index in [9.17, 15) is 0 Å². The van der Waals surface area contributed by atoms with Crippen LogP contribution in [0, 0.1) is 0 Å². The summed E-state index contributed by atoms with van der Waals surface area (Å²) in [7, 11) is 0. The molecule has 0 aliphatic carbocycles. The highest BCUT2D eigenvalue weighted by atomic mass is 16.5. The van der Waals surface area contributed by atoms with E-state index in [0.29, 0.717) is 0 Å². The molecule has 0 saturated carbocycles. The maximum atomic E-state index is 5.94. The Kier molecular flexibility index (Phi) is 5.44. The fourth-order valence-electron chi connectivity index (χ4n) is 1.80. The van der Waals surface area contributed by atoms with Gasteiger partial charge in [-0.05, 0) is 49.8 Å². The Morgan fingerprint density at radius 1 is 1.05 bits per heavy atom. The first-order valence-corrected chi connectivity index (χ1v) is 6.87. The molecule has 20 heavy (non-hydrogen) atoms. The predicted octanol–water partition coefficient (Wildman–Crippen LogP) is 4.78. The number of furan rings is 2. The molecule has 2 atom stereocenters. The molecule has 0 aromatic carbocycles. The molecule has 0 radical (unpaired) electrons. The Balaban J connectivity index is 1.86. The summed E-state index contributed by atoms with van der Waals surface area (Å²) in [5.74, 6) is 1.67. The summed E-state index contributed by atoms with van der Waals surface area (Å²) < 4.78 is 16.4. The number of hydrogen-bond donors (Lipinski definition) is 0. The smallest absolute Gasteiger partial charge is 0.126 e. The lowest BCUT2D eigenvalue weighted by atomic mass is 10.2. The number of rotatable bonds is 7. The summed E-state index contributed by atoms with van der Waals surface area (Å²) in [6.45, 7) is 4.11. The van der Waals surface area contributed by atoms with E-state index in [4.69, 9.17) is 13.6 Å². The average Bonchev–Trinajstić information content (AvgIpc) is 3.13. The van der Waals surface area contributed by atoms with Gasteiger partial charge in [0.25, 0.3) is 0 Å². The summed E-state index contributed by atoms with van der Waals surface area (Å²) in [4.78, 5) is 0. The molecule has 2 aromatic heterocycles. The highest BCUT2D eigenvalue weighted by Crippen LogP contribution is 2.11. The van der Waals surface area contributed by atoms with Crippen LogP contribution in [0.2, 0.25) is 0 Å². The monoisotopic (exact) mass is 272 g/mol. The van der Waals surface area contributed by atoms with Crippen LogP contribution in [-0.2, 0) is 4.74 Å². The minimum absolute atomic E-state index is 0.0197. The Labute approximate surface area is 119 Å². The van der Waals surface area contributed by atoms with Gasteiger partial charge in [-0.3, -0.25) is 0 Å². The van der Waals surface area contributed by atoms with Gasteiger partial charge in [0, 0.05) is 0 Å². The first kappa shape index (κ1) is 14.4. The normalized spacial score (nSPS) is 15.1. The Morgan fingerprint density at radius 2 is 1.65 bits per heavy atom. The van der Waals surface area contributed by atoms with Crippen molar-refractivity contribution in [2.75, 3.05) is 0 Å². The van der Waals surface area contributed by atoms with Gasteiger partial charge in [-0.1, -0.05) is 19.1 Å². The average molecular weight is 272 g/mol. The largest absolute Gasteiger partial charge is 0.465 e. The molecule has 0 spiro atoms. The van der Waals surface area contributed by atoms with Gasteiger partial charge >= 0.3 is 0 Å². The molecule has 0 bridgehead atoms. The van der Waals surface area contributed by atoms with Crippen molar-refractivity contribution < 1.29 is 13.6 Å². The first-order valence-electron chi connectivity index (χ1n) is 6.87. The third-order valence-electron chi connectivity index (χ3n) is 2.88. The molecule has 0 fully saturated rings. The number of hydrogen-bond acceptors (Lipinski definition) is 3. The molecular formula is C17H20O3. The minimum atomic E-state index is 0.0197. The summed E-state index contributed by atoms with van der Waals surface area (Å²) in [6, 6.07) is 7.57. The van der Waals surface area contributed by atoms with Crippen LogP contribution in [-0.4, -0.2) is 12.2 Å². The molecule has 0 aliphatic rings. The van der Waals surface area contributed by atoms with Crippen LogP contribution < -0.4 is 0 Å². The third kappa shape index (κ3) is 4.59. The zero-order valence-electron chi connectivity index (χ0n) is 11.9. The van der Waals surface area contributed by atoms with Crippen molar-refractivity contribution >= 4 is 12.2 Å². The lowest BCUT2D eigenvalue weighted by molar-refractivity contribution is 0.0508. The minimum Gasteiger partial charge on any atom is -0.465 e. The molecule has 2 rings (SSSR count). The van der Waals surface area contributed by atoms with Crippen LogP contribution in [0.15, 0.2) is 57.8 Å². The SMILES string of the molecule is CC[C@@H](/C=C/c1ccco1)O[C@H](C)/C=C/c1ccco1. The van der Waals surface area contributed by atoms with Crippen molar-refractivity contribution in [2.24, 2.45) is 0 Å². The van der Waals surface area contributed by atoms with Crippen molar-refractivity contribution in [3.8, 4) is 0 Å². The highest BCUT2D eigenvalue weighted by Gasteiger charge is 2.06. The van der Waals surface area contributed by atoms with Crippen LogP contribution >= 0.6 is 0 Å². The second-order valence-corrected chi connectivity index (χ2v) is 4.54. The van der Waals surface area contributed by atoms with Crippen LogP contribution in [0.3, 0.4) is 0 Å². The van der Waals surface area contributed by atoms with E-state index in [-0.39, 0.29) is 12.2 Å². The molecule has 0 amide bonds. The van der Waals surface area contributed by atoms with Crippen molar-refractivity contribution in [2.45, 2.75) is 32.5 Å². The lowest BCUT2D eigenvalue weighted by Gasteiger charge is -2.15. The first-order chi connectivity index (χ1) is 9.78. The van der Waals surface area contributed by atoms with Gasteiger partial charge in [0.05, 0.1) is 24.7 Å². The molecular weight excluding hydrogens is 252 g/mol. The van der Waals surface area contributed by atoms with E-state index >= 15 is 0 Å². The van der Waals surface area contributed by atoms with E-state index in [1.54, 1.807) is 12.5 Å². The second kappa shape index (κ2) is 7.56. The lowest BCUT2D eigenvalue weighted by Crippen LogP contribution is -2.15. The van der Waals surface area contributed by atoms with Gasteiger partial charge in [-0.25, -0.2) is 0 Å². The van der Waals surface area contributed by atoms with Crippen LogP contribution in [0.4, 0.5) is 0 Å². The van der Waals surface area contributed by atoms with E-state index in [1.807, 2.05) is 55.5 Å². The van der Waals surface area contributed by atoms with Crippen LogP contribution in [0.5, 0.6) is 0 Å². The Morgan fingerprint density at radius 3 is 2.15 bits per heavy atom. The summed E-state index contributed by atoms with van der Waals surface area (Å²) in [5, 5.41) is 0. The fourth-order valence-corrected chi connectivity index (χ4v) is 1.80. The van der Waals surface area contributed by atoms with Gasteiger partial charge in [0.15, 0.2) is 0 Å². The zero-order chi connectivity index (χ0) is 14.2. The van der Waals surface area contributed by atoms with E-state index < -0.39 is 0 Å². The molecule has 3 heteroatoms. The zero-order valence-corrected chi connectivity index (χ0v) is 11.9.